The van der Waals surface area contributed by atoms with Crippen molar-refractivity contribution in [2.24, 2.45) is 0 Å². The van der Waals surface area contributed by atoms with Gasteiger partial charge in [-0.3, -0.25) is 14.4 Å². The third-order valence-corrected chi connectivity index (χ3v) is 6.49. The summed E-state index contributed by atoms with van der Waals surface area (Å²) in [5, 5.41) is 0. The first-order valence-electron chi connectivity index (χ1n) is 11.2. The molecular formula is C24H29FN6. The van der Waals surface area contributed by atoms with E-state index in [0.717, 1.165) is 57.4 Å². The van der Waals surface area contributed by atoms with Crippen LogP contribution in [0.25, 0.3) is 5.95 Å². The van der Waals surface area contributed by atoms with Crippen molar-refractivity contribution in [1.29, 1.82) is 0 Å². The molecule has 0 N–H and O–H groups in total. The number of para-hydroxylation sites is 1. The Morgan fingerprint density at radius 3 is 2.52 bits per heavy atom. The summed E-state index contributed by atoms with van der Waals surface area (Å²) < 4.78 is 16.2. The summed E-state index contributed by atoms with van der Waals surface area (Å²) in [7, 11) is 0. The minimum atomic E-state index is -0.120. The van der Waals surface area contributed by atoms with Crippen molar-refractivity contribution < 1.29 is 4.39 Å². The van der Waals surface area contributed by atoms with Crippen molar-refractivity contribution >= 4 is 5.69 Å². The third kappa shape index (κ3) is 4.48. The molecule has 31 heavy (non-hydrogen) atoms. The SMILES string of the molecule is Fc1ccccc1N1CCN(C2CCCN(Cc3cccn3-c3ncccn3)C2)CC1. The molecule has 162 valence electrons. The number of benzene rings is 1. The smallest absolute Gasteiger partial charge is 0.233 e. The minimum absolute atomic E-state index is 0.120. The van der Waals surface area contributed by atoms with E-state index < -0.39 is 0 Å². The molecule has 6 nitrogen and oxygen atoms in total. The van der Waals surface area contributed by atoms with Crippen molar-refractivity contribution in [1.82, 2.24) is 24.3 Å². The molecule has 7 heteroatoms. The first kappa shape index (κ1) is 20.2. The molecule has 2 aromatic heterocycles. The minimum Gasteiger partial charge on any atom is -0.367 e. The zero-order chi connectivity index (χ0) is 21.0. The second kappa shape index (κ2) is 9.16. The molecule has 2 fully saturated rings. The highest BCUT2D eigenvalue weighted by atomic mass is 19.1. The van der Waals surface area contributed by atoms with Gasteiger partial charge in [0.05, 0.1) is 5.69 Å². The lowest BCUT2D eigenvalue weighted by atomic mass is 10.0. The van der Waals surface area contributed by atoms with Crippen molar-refractivity contribution in [3.63, 3.8) is 0 Å². The van der Waals surface area contributed by atoms with Gasteiger partial charge >= 0.3 is 0 Å². The summed E-state index contributed by atoms with van der Waals surface area (Å²) in [6.07, 6.45) is 8.04. The third-order valence-electron chi connectivity index (χ3n) is 6.49. The lowest BCUT2D eigenvalue weighted by Crippen LogP contribution is -2.55. The van der Waals surface area contributed by atoms with Gasteiger partial charge in [-0.1, -0.05) is 12.1 Å². The van der Waals surface area contributed by atoms with Gasteiger partial charge < -0.3 is 4.90 Å². The second-order valence-electron chi connectivity index (χ2n) is 8.42. The van der Waals surface area contributed by atoms with Gasteiger partial charge in [-0.25, -0.2) is 14.4 Å². The maximum Gasteiger partial charge on any atom is 0.233 e. The summed E-state index contributed by atoms with van der Waals surface area (Å²) in [4.78, 5) is 16.1. The lowest BCUT2D eigenvalue weighted by molar-refractivity contribution is 0.0877. The average molecular weight is 421 g/mol. The summed E-state index contributed by atoms with van der Waals surface area (Å²) in [5.41, 5.74) is 1.95. The standard InChI is InChI=1S/C24H29FN6/c25-22-8-1-2-9-23(22)30-16-14-29(15-17-30)20-6-3-12-28(18-20)19-21-7-4-13-31(21)24-26-10-5-11-27-24/h1-2,4-5,7-11,13,20H,3,6,12,14-19H2. The van der Waals surface area contributed by atoms with Crippen molar-refractivity contribution in [3.05, 3.63) is 72.6 Å². The van der Waals surface area contributed by atoms with Crippen molar-refractivity contribution in [2.75, 3.05) is 44.2 Å². The van der Waals surface area contributed by atoms with Crippen LogP contribution in [0.1, 0.15) is 18.5 Å². The molecule has 1 aromatic carbocycles. The monoisotopic (exact) mass is 420 g/mol. The first-order valence-corrected chi connectivity index (χ1v) is 11.2. The lowest BCUT2D eigenvalue weighted by Gasteiger charge is -2.44. The van der Waals surface area contributed by atoms with Crippen LogP contribution in [0.2, 0.25) is 0 Å². The van der Waals surface area contributed by atoms with E-state index in [1.54, 1.807) is 24.5 Å². The van der Waals surface area contributed by atoms with Crippen LogP contribution in [-0.2, 0) is 6.54 Å². The van der Waals surface area contributed by atoms with E-state index in [1.165, 1.54) is 18.5 Å². The van der Waals surface area contributed by atoms with E-state index in [1.807, 2.05) is 24.4 Å². The Hall–Kier alpha value is -2.77. The van der Waals surface area contributed by atoms with Gasteiger partial charge in [0.1, 0.15) is 5.82 Å². The quantitative estimate of drug-likeness (QED) is 0.634. The fourth-order valence-electron chi connectivity index (χ4n) is 4.89. The van der Waals surface area contributed by atoms with Crippen LogP contribution >= 0.6 is 0 Å². The fraction of sp³-hybridized carbons (Fsp3) is 0.417. The summed E-state index contributed by atoms with van der Waals surface area (Å²) in [6.45, 7) is 6.82. The Labute approximate surface area is 182 Å². The van der Waals surface area contributed by atoms with Gasteiger partial charge in [0.25, 0.3) is 0 Å². The molecule has 4 heterocycles. The van der Waals surface area contributed by atoms with E-state index >= 15 is 0 Å². The number of aromatic nitrogens is 3. The number of likely N-dealkylation sites (tertiary alicyclic amines) is 1. The molecule has 1 unspecified atom stereocenters. The molecular weight excluding hydrogens is 391 g/mol. The Morgan fingerprint density at radius 1 is 0.903 bits per heavy atom. The zero-order valence-corrected chi connectivity index (χ0v) is 17.8. The van der Waals surface area contributed by atoms with E-state index in [9.17, 15) is 4.39 Å². The number of nitrogens with zero attached hydrogens (tertiary/aromatic N) is 6. The van der Waals surface area contributed by atoms with Gasteiger partial charge in [0, 0.05) is 69.6 Å². The van der Waals surface area contributed by atoms with E-state index in [0.29, 0.717) is 6.04 Å². The van der Waals surface area contributed by atoms with Gasteiger partial charge in [0.2, 0.25) is 5.95 Å². The topological polar surface area (TPSA) is 40.4 Å². The predicted octanol–water partition coefficient (Wildman–Crippen LogP) is 3.19. The van der Waals surface area contributed by atoms with Crippen molar-refractivity contribution in [2.45, 2.75) is 25.4 Å². The van der Waals surface area contributed by atoms with Crippen molar-refractivity contribution in [3.8, 4) is 5.95 Å². The van der Waals surface area contributed by atoms with Gasteiger partial charge in [0.15, 0.2) is 0 Å². The van der Waals surface area contributed by atoms with Gasteiger partial charge in [-0.15, -0.1) is 0 Å². The van der Waals surface area contributed by atoms with Gasteiger partial charge in [-0.2, -0.15) is 0 Å². The Bertz CT molecular complexity index is 982. The number of anilines is 1. The maximum absolute atomic E-state index is 14.1. The molecule has 0 saturated carbocycles. The number of piperidine rings is 1. The molecule has 2 aliphatic heterocycles. The van der Waals surface area contributed by atoms with E-state index in [-0.39, 0.29) is 5.82 Å². The molecule has 5 rings (SSSR count). The predicted molar refractivity (Wildman–Crippen MR) is 120 cm³/mol. The summed E-state index contributed by atoms with van der Waals surface area (Å²) in [6, 6.07) is 13.7. The molecule has 2 aliphatic rings. The molecule has 0 aliphatic carbocycles. The van der Waals surface area contributed by atoms with Crippen LogP contribution in [0.5, 0.6) is 0 Å². The Morgan fingerprint density at radius 2 is 1.71 bits per heavy atom. The zero-order valence-electron chi connectivity index (χ0n) is 17.8. The second-order valence-corrected chi connectivity index (χ2v) is 8.42. The molecule has 1 atom stereocenters. The van der Waals surface area contributed by atoms with Gasteiger partial charge in [-0.05, 0) is 49.7 Å². The summed E-state index contributed by atoms with van der Waals surface area (Å²) >= 11 is 0. The highest BCUT2D eigenvalue weighted by molar-refractivity contribution is 5.48. The molecule has 0 spiro atoms. The number of halogens is 1. The maximum atomic E-state index is 14.1. The molecule has 0 bridgehead atoms. The van der Waals surface area contributed by atoms with Crippen LogP contribution in [0.15, 0.2) is 61.1 Å². The number of hydrogen-bond donors (Lipinski definition) is 0. The molecule has 2 saturated heterocycles. The first-order chi connectivity index (χ1) is 15.3. The van der Waals surface area contributed by atoms with Crippen LogP contribution in [0.4, 0.5) is 10.1 Å². The van der Waals surface area contributed by atoms with Crippen LogP contribution in [-0.4, -0.2) is 69.6 Å². The van der Waals surface area contributed by atoms with E-state index in [4.69, 9.17) is 0 Å². The molecule has 0 amide bonds. The Balaban J connectivity index is 1.19. The fourth-order valence-corrected chi connectivity index (χ4v) is 4.89. The highest BCUT2D eigenvalue weighted by Gasteiger charge is 2.29. The number of hydrogen-bond acceptors (Lipinski definition) is 5. The van der Waals surface area contributed by atoms with Crippen LogP contribution in [0.3, 0.4) is 0 Å². The molecule has 3 aromatic rings. The Kier molecular flexibility index (Phi) is 5.95. The summed E-state index contributed by atoms with van der Waals surface area (Å²) in [5.74, 6) is 0.602. The number of rotatable bonds is 5. The average Bonchev–Trinajstić information content (AvgIpc) is 3.28. The number of piperazine rings is 1. The van der Waals surface area contributed by atoms with Crippen LogP contribution in [0, 0.1) is 5.82 Å². The molecule has 0 radical (unpaired) electrons. The normalized spacial score (nSPS) is 20.8. The highest BCUT2D eigenvalue weighted by Crippen LogP contribution is 2.24. The van der Waals surface area contributed by atoms with Crippen LogP contribution < -0.4 is 4.90 Å². The largest absolute Gasteiger partial charge is 0.367 e. The van der Waals surface area contributed by atoms with E-state index in [2.05, 4.69) is 41.4 Å².